The zero-order chi connectivity index (χ0) is 19.6. The van der Waals surface area contributed by atoms with E-state index in [9.17, 15) is 14.7 Å². The first kappa shape index (κ1) is 20.4. The van der Waals surface area contributed by atoms with Gasteiger partial charge >= 0.3 is 6.09 Å². The van der Waals surface area contributed by atoms with Gasteiger partial charge < -0.3 is 20.5 Å². The highest BCUT2D eigenvalue weighted by atomic mass is 16.6. The highest BCUT2D eigenvalue weighted by molar-refractivity contribution is 5.93. The molecule has 7 heteroatoms. The third-order valence-electron chi connectivity index (χ3n) is 3.81. The zero-order valence-corrected chi connectivity index (χ0v) is 15.6. The zero-order valence-electron chi connectivity index (χ0n) is 15.6. The Labute approximate surface area is 159 Å². The highest BCUT2D eigenvalue weighted by Gasteiger charge is 2.12. The first-order chi connectivity index (χ1) is 12.9. The molecular formula is C20H26N3O4+. The van der Waals surface area contributed by atoms with Crippen LogP contribution in [0.4, 0.5) is 4.79 Å². The molecule has 2 atom stereocenters. The number of carbonyl (C=O) groups excluding carboxylic acids is 2. The Morgan fingerprint density at radius 3 is 2.41 bits per heavy atom. The Morgan fingerprint density at radius 2 is 1.78 bits per heavy atom. The lowest BCUT2D eigenvalue weighted by Gasteiger charge is -2.13. The monoisotopic (exact) mass is 372 g/mol. The summed E-state index contributed by atoms with van der Waals surface area (Å²) in [6.07, 6.45) is 2.93. The summed E-state index contributed by atoms with van der Waals surface area (Å²) in [6.45, 7) is 3.75. The number of hydrogen-bond acceptors (Lipinski definition) is 4. The molecule has 144 valence electrons. The van der Waals surface area contributed by atoms with Crippen molar-refractivity contribution in [3.63, 3.8) is 0 Å². The highest BCUT2D eigenvalue weighted by Crippen LogP contribution is 2.03. The maximum absolute atomic E-state index is 11.9. The fourth-order valence-corrected chi connectivity index (χ4v) is 2.43. The molecule has 2 rings (SSSR count). The van der Waals surface area contributed by atoms with Crippen molar-refractivity contribution in [2.24, 2.45) is 0 Å². The first-order valence-corrected chi connectivity index (χ1v) is 8.86. The summed E-state index contributed by atoms with van der Waals surface area (Å²) >= 11 is 0. The van der Waals surface area contributed by atoms with Crippen LogP contribution in [0.25, 0.3) is 0 Å². The molecule has 1 aromatic heterocycles. The number of aliphatic hydroxyl groups excluding tert-OH is 1. The molecule has 0 aliphatic rings. The van der Waals surface area contributed by atoms with E-state index in [1.165, 1.54) is 0 Å². The van der Waals surface area contributed by atoms with Crippen LogP contribution in [0.15, 0.2) is 54.9 Å². The van der Waals surface area contributed by atoms with E-state index in [1.807, 2.05) is 37.3 Å². The molecule has 0 fully saturated rings. The summed E-state index contributed by atoms with van der Waals surface area (Å²) < 4.78 is 6.84. The van der Waals surface area contributed by atoms with Crippen molar-refractivity contribution in [2.75, 3.05) is 6.54 Å². The smallest absolute Gasteiger partial charge is 0.392 e. The molecule has 0 spiro atoms. The Bertz CT molecular complexity index is 733. The minimum Gasteiger partial charge on any atom is -0.392 e. The number of pyridine rings is 1. The van der Waals surface area contributed by atoms with Gasteiger partial charge in [0.2, 0.25) is 0 Å². The molecule has 0 aliphatic carbocycles. The second-order valence-electron chi connectivity index (χ2n) is 6.46. The van der Waals surface area contributed by atoms with E-state index in [4.69, 9.17) is 4.74 Å². The van der Waals surface area contributed by atoms with Gasteiger partial charge in [0.05, 0.1) is 11.7 Å². The van der Waals surface area contributed by atoms with E-state index in [2.05, 4.69) is 10.6 Å². The van der Waals surface area contributed by atoms with Gasteiger partial charge in [-0.1, -0.05) is 30.3 Å². The maximum Gasteiger partial charge on any atom is 0.412 e. The number of aromatic nitrogens is 1. The maximum atomic E-state index is 11.9. The summed E-state index contributed by atoms with van der Waals surface area (Å²) in [5.41, 5.74) is 1.61. The Balaban J connectivity index is 1.75. The van der Waals surface area contributed by atoms with E-state index in [0.29, 0.717) is 5.56 Å². The Kier molecular flexibility index (Phi) is 7.76. The molecule has 0 saturated heterocycles. The van der Waals surface area contributed by atoms with E-state index in [-0.39, 0.29) is 25.2 Å². The number of ether oxygens (including phenoxy) is 1. The van der Waals surface area contributed by atoms with Crippen LogP contribution in [0, 0.1) is 0 Å². The fraction of sp³-hybridized carbons (Fsp3) is 0.350. The van der Waals surface area contributed by atoms with Crippen LogP contribution in [-0.2, 0) is 17.9 Å². The molecule has 1 heterocycles. The quantitative estimate of drug-likeness (QED) is 0.611. The van der Waals surface area contributed by atoms with E-state index in [1.54, 1.807) is 36.0 Å². The van der Waals surface area contributed by atoms with Crippen molar-refractivity contribution in [1.82, 2.24) is 10.6 Å². The second-order valence-corrected chi connectivity index (χ2v) is 6.46. The van der Waals surface area contributed by atoms with Crippen LogP contribution in [0.2, 0.25) is 0 Å². The van der Waals surface area contributed by atoms with Crippen molar-refractivity contribution in [1.29, 1.82) is 0 Å². The van der Waals surface area contributed by atoms with Crippen LogP contribution in [-0.4, -0.2) is 35.8 Å². The van der Waals surface area contributed by atoms with Crippen LogP contribution < -0.4 is 15.2 Å². The lowest BCUT2D eigenvalue weighted by molar-refractivity contribution is -0.727. The number of aliphatic hydroxyl groups is 1. The SMILES string of the molecule is C[C@@H](O)CNC(=O)c1cc[n+](COC(=O)N[C@@H](C)Cc2ccccc2)cc1. The van der Waals surface area contributed by atoms with Gasteiger partial charge in [-0.15, -0.1) is 0 Å². The van der Waals surface area contributed by atoms with E-state index < -0.39 is 12.2 Å². The lowest BCUT2D eigenvalue weighted by Crippen LogP contribution is -2.40. The van der Waals surface area contributed by atoms with Gasteiger partial charge in [0, 0.05) is 24.7 Å². The average Bonchev–Trinajstić information content (AvgIpc) is 2.65. The molecule has 3 N–H and O–H groups in total. The standard InChI is InChI=1S/C20H25N3O4/c1-15(12-17-6-4-3-5-7-17)22-20(26)27-14-23-10-8-18(9-11-23)19(25)21-13-16(2)24/h3-11,15-16,24H,12-14H2,1-2H3,(H-,21,22,25,26)/p+1/t15-,16+/m0/s1. The van der Waals surface area contributed by atoms with Crippen LogP contribution >= 0.6 is 0 Å². The van der Waals surface area contributed by atoms with Gasteiger partial charge in [0.25, 0.3) is 12.6 Å². The number of benzene rings is 1. The van der Waals surface area contributed by atoms with E-state index in [0.717, 1.165) is 12.0 Å². The summed E-state index contributed by atoms with van der Waals surface area (Å²) in [5.74, 6) is -0.267. The largest absolute Gasteiger partial charge is 0.412 e. The summed E-state index contributed by atoms with van der Waals surface area (Å²) in [6, 6.07) is 13.1. The predicted octanol–water partition coefficient (Wildman–Crippen LogP) is 1.40. The minimum absolute atomic E-state index is 0.0411. The van der Waals surface area contributed by atoms with Crippen molar-refractivity contribution in [2.45, 2.75) is 39.1 Å². The van der Waals surface area contributed by atoms with Crippen molar-refractivity contribution in [3.8, 4) is 0 Å². The van der Waals surface area contributed by atoms with Gasteiger partial charge in [-0.3, -0.25) is 4.79 Å². The molecule has 0 aliphatic heterocycles. The van der Waals surface area contributed by atoms with Gasteiger partial charge in [-0.05, 0) is 25.8 Å². The van der Waals surface area contributed by atoms with Gasteiger partial charge in [0.15, 0.2) is 12.4 Å². The summed E-state index contributed by atoms with van der Waals surface area (Å²) in [5, 5.41) is 14.6. The number of amides is 2. The van der Waals surface area contributed by atoms with Gasteiger partial charge in [-0.2, -0.15) is 4.57 Å². The normalized spacial score (nSPS) is 12.7. The Hall–Kier alpha value is -2.93. The lowest BCUT2D eigenvalue weighted by atomic mass is 10.1. The van der Waals surface area contributed by atoms with Crippen molar-refractivity contribution < 1.29 is 24.0 Å². The van der Waals surface area contributed by atoms with Crippen molar-refractivity contribution in [3.05, 3.63) is 66.0 Å². The molecule has 0 unspecified atom stereocenters. The molecular weight excluding hydrogens is 346 g/mol. The average molecular weight is 372 g/mol. The molecule has 27 heavy (non-hydrogen) atoms. The van der Waals surface area contributed by atoms with Gasteiger partial charge in [-0.25, -0.2) is 4.79 Å². The molecule has 2 amide bonds. The number of nitrogens with one attached hydrogen (secondary N) is 2. The first-order valence-electron chi connectivity index (χ1n) is 8.86. The summed E-state index contributed by atoms with van der Waals surface area (Å²) in [4.78, 5) is 23.8. The number of alkyl carbamates (subject to hydrolysis) is 1. The third-order valence-corrected chi connectivity index (χ3v) is 3.81. The number of nitrogens with zero attached hydrogens (tertiary/aromatic N) is 1. The Morgan fingerprint density at radius 1 is 1.11 bits per heavy atom. The van der Waals surface area contributed by atoms with Gasteiger partial charge in [0.1, 0.15) is 0 Å². The predicted molar refractivity (Wildman–Crippen MR) is 99.9 cm³/mol. The van der Waals surface area contributed by atoms with Crippen molar-refractivity contribution >= 4 is 12.0 Å². The number of hydrogen-bond donors (Lipinski definition) is 3. The van der Waals surface area contributed by atoms with Crippen LogP contribution in [0.5, 0.6) is 0 Å². The minimum atomic E-state index is -0.598. The number of rotatable bonds is 8. The van der Waals surface area contributed by atoms with Crippen LogP contribution in [0.3, 0.4) is 0 Å². The molecule has 0 bridgehead atoms. The molecule has 2 aromatic rings. The molecule has 0 saturated carbocycles. The van der Waals surface area contributed by atoms with E-state index >= 15 is 0 Å². The fourth-order valence-electron chi connectivity index (χ4n) is 2.43. The summed E-state index contributed by atoms with van der Waals surface area (Å²) in [7, 11) is 0. The van der Waals surface area contributed by atoms with Crippen LogP contribution in [0.1, 0.15) is 29.8 Å². The molecule has 0 radical (unpaired) electrons. The number of carbonyl (C=O) groups is 2. The third kappa shape index (κ3) is 7.45. The topological polar surface area (TPSA) is 91.5 Å². The second kappa shape index (κ2) is 10.3. The molecule has 7 nitrogen and oxygen atoms in total. The molecule has 1 aromatic carbocycles.